The number of halogens is 2. The molecule has 14 heavy (non-hydrogen) atoms. The minimum Gasteiger partial charge on any atom is -0.506 e. The molecule has 0 saturated heterocycles. The number of oxime groups is 1. The third kappa shape index (κ3) is 2.99. The lowest BCUT2D eigenvalue weighted by molar-refractivity contribution is 0.160. The summed E-state index contributed by atoms with van der Waals surface area (Å²) in [6, 6.07) is 3.51. The van der Waals surface area contributed by atoms with E-state index in [0.29, 0.717) is 16.6 Å². The minimum absolute atomic E-state index is 0.150. The fourth-order valence-electron chi connectivity index (χ4n) is 0.853. The van der Waals surface area contributed by atoms with Crippen molar-refractivity contribution in [3.63, 3.8) is 0 Å². The molecule has 0 fully saturated rings. The van der Waals surface area contributed by atoms with Crippen LogP contribution in [0.5, 0.6) is 5.75 Å². The molecule has 0 atom stereocenters. The van der Waals surface area contributed by atoms with Crippen LogP contribution in [-0.2, 0) is 4.84 Å². The van der Waals surface area contributed by atoms with Crippen LogP contribution >= 0.6 is 31.9 Å². The van der Waals surface area contributed by atoms with Gasteiger partial charge in [-0.1, -0.05) is 21.1 Å². The second kappa shape index (κ2) is 5.36. The van der Waals surface area contributed by atoms with Crippen molar-refractivity contribution in [1.82, 2.24) is 0 Å². The van der Waals surface area contributed by atoms with E-state index in [2.05, 4.69) is 37.0 Å². The molecule has 0 saturated carbocycles. The van der Waals surface area contributed by atoms with E-state index in [0.717, 1.165) is 4.47 Å². The van der Waals surface area contributed by atoms with E-state index in [4.69, 9.17) is 4.84 Å². The highest BCUT2D eigenvalue weighted by Gasteiger charge is 2.04. The molecule has 76 valence electrons. The third-order valence-electron chi connectivity index (χ3n) is 1.45. The second-order valence-electron chi connectivity index (χ2n) is 2.48. The molecule has 1 rings (SSSR count). The molecule has 0 bridgehead atoms. The lowest BCUT2D eigenvalue weighted by Crippen LogP contribution is -1.86. The molecule has 1 aromatic carbocycles. The van der Waals surface area contributed by atoms with Gasteiger partial charge in [0.2, 0.25) is 0 Å². The molecule has 0 aliphatic heterocycles. The zero-order valence-corrected chi connectivity index (χ0v) is 10.7. The average molecular weight is 323 g/mol. The van der Waals surface area contributed by atoms with Gasteiger partial charge in [-0.2, -0.15) is 0 Å². The number of hydrogen-bond acceptors (Lipinski definition) is 3. The minimum atomic E-state index is 0.150. The summed E-state index contributed by atoms with van der Waals surface area (Å²) in [5.74, 6) is 0.150. The molecule has 3 nitrogen and oxygen atoms in total. The van der Waals surface area contributed by atoms with Crippen LogP contribution in [0.15, 0.2) is 26.2 Å². The van der Waals surface area contributed by atoms with E-state index in [1.807, 2.05) is 6.92 Å². The zero-order valence-electron chi connectivity index (χ0n) is 7.50. The fraction of sp³-hybridized carbons (Fsp3) is 0.222. The number of nitrogens with zero attached hydrogens (tertiary/aromatic N) is 1. The van der Waals surface area contributed by atoms with Crippen molar-refractivity contribution >= 4 is 38.1 Å². The Hall–Kier alpha value is -0.550. The predicted octanol–water partition coefficient (Wildman–Crippen LogP) is 3.29. The molecule has 1 aromatic rings. The standard InChI is InChI=1S/C9H9Br2NO2/c1-2-14-12-5-6-3-7(10)4-8(11)9(6)13/h3-5,13H,2H2,1H3/b12-5+. The van der Waals surface area contributed by atoms with E-state index >= 15 is 0 Å². The second-order valence-corrected chi connectivity index (χ2v) is 4.25. The Kier molecular flexibility index (Phi) is 4.41. The van der Waals surface area contributed by atoms with Crippen LogP contribution in [0.3, 0.4) is 0 Å². The summed E-state index contributed by atoms with van der Waals surface area (Å²) in [5.41, 5.74) is 0.597. The molecule has 0 unspecified atom stereocenters. The number of rotatable bonds is 3. The van der Waals surface area contributed by atoms with Crippen LogP contribution in [-0.4, -0.2) is 17.9 Å². The molecule has 0 heterocycles. The Morgan fingerprint density at radius 3 is 2.86 bits per heavy atom. The highest BCUT2D eigenvalue weighted by atomic mass is 79.9. The number of aromatic hydroxyl groups is 1. The van der Waals surface area contributed by atoms with Gasteiger partial charge in [-0.25, -0.2) is 0 Å². The van der Waals surface area contributed by atoms with Gasteiger partial charge in [-0.15, -0.1) is 0 Å². The molecule has 0 aliphatic carbocycles. The van der Waals surface area contributed by atoms with Crippen LogP contribution in [0.2, 0.25) is 0 Å². The van der Waals surface area contributed by atoms with Gasteiger partial charge >= 0.3 is 0 Å². The van der Waals surface area contributed by atoms with E-state index < -0.39 is 0 Å². The fourth-order valence-corrected chi connectivity index (χ4v) is 2.11. The zero-order chi connectivity index (χ0) is 10.6. The topological polar surface area (TPSA) is 41.8 Å². The normalized spacial score (nSPS) is 10.8. The molecule has 5 heteroatoms. The Bertz CT molecular complexity index is 353. The van der Waals surface area contributed by atoms with Gasteiger partial charge in [0.25, 0.3) is 0 Å². The van der Waals surface area contributed by atoms with Crippen molar-refractivity contribution in [2.75, 3.05) is 6.61 Å². The maximum absolute atomic E-state index is 9.61. The Morgan fingerprint density at radius 1 is 1.50 bits per heavy atom. The number of phenolic OH excluding ortho intramolecular Hbond substituents is 1. The van der Waals surface area contributed by atoms with Crippen LogP contribution in [0.4, 0.5) is 0 Å². The van der Waals surface area contributed by atoms with Crippen molar-refractivity contribution in [3.05, 3.63) is 26.6 Å². The lowest BCUT2D eigenvalue weighted by atomic mass is 10.2. The third-order valence-corrected chi connectivity index (χ3v) is 2.52. The molecule has 1 N–H and O–H groups in total. The van der Waals surface area contributed by atoms with E-state index in [9.17, 15) is 5.11 Å². The maximum atomic E-state index is 9.61. The summed E-state index contributed by atoms with van der Waals surface area (Å²) in [6.45, 7) is 2.35. The van der Waals surface area contributed by atoms with Gasteiger partial charge < -0.3 is 9.94 Å². The molecule has 0 spiro atoms. The van der Waals surface area contributed by atoms with E-state index in [-0.39, 0.29) is 5.75 Å². The number of phenols is 1. The summed E-state index contributed by atoms with van der Waals surface area (Å²) >= 11 is 6.54. The maximum Gasteiger partial charge on any atom is 0.138 e. The van der Waals surface area contributed by atoms with Crippen LogP contribution in [0.25, 0.3) is 0 Å². The number of benzene rings is 1. The quantitative estimate of drug-likeness (QED) is 0.685. The molecule has 0 amide bonds. The van der Waals surface area contributed by atoms with Gasteiger partial charge in [0, 0.05) is 10.0 Å². The van der Waals surface area contributed by atoms with E-state index in [1.165, 1.54) is 6.21 Å². The SMILES string of the molecule is CCO/N=C/c1cc(Br)cc(Br)c1O. The molecular weight excluding hydrogens is 314 g/mol. The van der Waals surface area contributed by atoms with Crippen LogP contribution < -0.4 is 0 Å². The van der Waals surface area contributed by atoms with Crippen molar-refractivity contribution < 1.29 is 9.94 Å². The molecular formula is C9H9Br2NO2. The van der Waals surface area contributed by atoms with Gasteiger partial charge in [-0.3, -0.25) is 0 Å². The van der Waals surface area contributed by atoms with Gasteiger partial charge in [0.1, 0.15) is 12.4 Å². The number of hydrogen-bond donors (Lipinski definition) is 1. The van der Waals surface area contributed by atoms with Crippen molar-refractivity contribution in [1.29, 1.82) is 0 Å². The van der Waals surface area contributed by atoms with Gasteiger partial charge in [0.05, 0.1) is 10.7 Å². The first-order valence-electron chi connectivity index (χ1n) is 3.98. The Morgan fingerprint density at radius 2 is 2.21 bits per heavy atom. The smallest absolute Gasteiger partial charge is 0.138 e. The predicted molar refractivity (Wildman–Crippen MR) is 62.7 cm³/mol. The van der Waals surface area contributed by atoms with Crippen molar-refractivity contribution in [3.8, 4) is 5.75 Å². The van der Waals surface area contributed by atoms with Gasteiger partial charge in [-0.05, 0) is 35.0 Å². The first-order chi connectivity index (χ1) is 6.65. The summed E-state index contributed by atoms with van der Waals surface area (Å²) in [7, 11) is 0. The average Bonchev–Trinajstić information content (AvgIpc) is 2.13. The lowest BCUT2D eigenvalue weighted by Gasteiger charge is -2.02. The van der Waals surface area contributed by atoms with Crippen molar-refractivity contribution in [2.45, 2.75) is 6.92 Å². The van der Waals surface area contributed by atoms with Gasteiger partial charge in [0.15, 0.2) is 0 Å². The van der Waals surface area contributed by atoms with E-state index in [1.54, 1.807) is 12.1 Å². The Balaban J connectivity index is 2.96. The summed E-state index contributed by atoms with van der Waals surface area (Å²) < 4.78 is 1.48. The summed E-state index contributed by atoms with van der Waals surface area (Å²) in [4.78, 5) is 4.80. The first-order valence-corrected chi connectivity index (χ1v) is 5.57. The monoisotopic (exact) mass is 321 g/mol. The molecule has 0 aliphatic rings. The summed E-state index contributed by atoms with van der Waals surface area (Å²) in [6.07, 6.45) is 1.47. The largest absolute Gasteiger partial charge is 0.506 e. The Labute approximate surface area is 99.0 Å². The first kappa shape index (κ1) is 11.5. The molecule has 0 radical (unpaired) electrons. The van der Waals surface area contributed by atoms with Crippen molar-refractivity contribution in [2.24, 2.45) is 5.16 Å². The highest BCUT2D eigenvalue weighted by molar-refractivity contribution is 9.11. The highest BCUT2D eigenvalue weighted by Crippen LogP contribution is 2.30. The summed E-state index contributed by atoms with van der Waals surface area (Å²) in [5, 5.41) is 13.3. The van der Waals surface area contributed by atoms with Crippen LogP contribution in [0.1, 0.15) is 12.5 Å². The molecule has 0 aromatic heterocycles. The van der Waals surface area contributed by atoms with Crippen LogP contribution in [0, 0.1) is 0 Å².